The number of primary amides is 1. The number of hydrogen-bond donors (Lipinski definition) is 2. The molecule has 3 N–H and O–H groups in total. The largest absolute Gasteiger partial charge is 0.368 e. The van der Waals surface area contributed by atoms with Crippen molar-refractivity contribution in [3.05, 3.63) is 35.4 Å². The van der Waals surface area contributed by atoms with E-state index in [0.717, 1.165) is 5.56 Å². The summed E-state index contributed by atoms with van der Waals surface area (Å²) in [5.41, 5.74) is 3.44. The molecule has 9 heteroatoms. The fourth-order valence-corrected chi connectivity index (χ4v) is 3.03. The average Bonchev–Trinajstić information content (AvgIpc) is 2.52. The minimum absolute atomic E-state index is 0.00220. The molecule has 0 saturated heterocycles. The summed E-state index contributed by atoms with van der Waals surface area (Å²) < 4.78 is 13.9. The highest BCUT2D eigenvalue weighted by Gasteiger charge is 2.52. The predicted molar refractivity (Wildman–Crippen MR) is 95.4 cm³/mol. The topological polar surface area (TPSA) is 97.4 Å². The lowest BCUT2D eigenvalue weighted by molar-refractivity contribution is -0.135. The Hall–Kier alpha value is -1.99. The third kappa shape index (κ3) is 3.39. The molecule has 0 radical (unpaired) electrons. The molecule has 0 bridgehead atoms. The first-order valence-electron chi connectivity index (χ1n) is 7.44. The van der Waals surface area contributed by atoms with Crippen LogP contribution in [0.15, 0.2) is 29.2 Å². The molecule has 1 aromatic rings. The third-order valence-corrected chi connectivity index (χ3v) is 4.63. The number of dihydropyridines is 1. The lowest BCUT2D eigenvalue weighted by Gasteiger charge is -2.31. The Bertz CT molecular complexity index is 794. The highest BCUT2D eigenvalue weighted by Crippen LogP contribution is 2.38. The second-order valence-corrected chi connectivity index (χ2v) is 6.75. The monoisotopic (exact) mass is 386 g/mol. The number of nitrogens with one attached hydrogen (secondary N) is 1. The molecule has 1 aromatic heterocycles. The van der Waals surface area contributed by atoms with Crippen molar-refractivity contribution < 1.29 is 14.0 Å². The molecule has 2 amide bonds. The third-order valence-electron chi connectivity index (χ3n) is 3.91. The van der Waals surface area contributed by atoms with Gasteiger partial charge in [0.1, 0.15) is 0 Å². The highest BCUT2D eigenvalue weighted by molar-refractivity contribution is 6.69. The van der Waals surface area contributed by atoms with Gasteiger partial charge in [0.05, 0.1) is 11.4 Å². The smallest absolute Gasteiger partial charge is 0.247 e. The van der Waals surface area contributed by atoms with Crippen molar-refractivity contribution >= 4 is 45.9 Å². The minimum atomic E-state index is -2.21. The predicted octanol–water partition coefficient (Wildman–Crippen LogP) is 2.99. The van der Waals surface area contributed by atoms with Gasteiger partial charge < -0.3 is 11.1 Å². The van der Waals surface area contributed by atoms with Gasteiger partial charge in [-0.1, -0.05) is 37.0 Å². The number of hydrogen-bond acceptors (Lipinski definition) is 4. The Labute approximate surface area is 154 Å². The SMILES string of the molecule is Cc1ccnc(C(C)C)c1NC(=O)C1(C(N)=O)C=C(F)C(Cl)=NC1Cl. The molecule has 134 valence electrons. The van der Waals surface area contributed by atoms with Crippen molar-refractivity contribution in [3.63, 3.8) is 0 Å². The second kappa shape index (κ2) is 7.09. The van der Waals surface area contributed by atoms with Crippen LogP contribution >= 0.6 is 23.2 Å². The van der Waals surface area contributed by atoms with Crippen LogP contribution in [0, 0.1) is 12.3 Å². The number of aryl methyl sites for hydroxylation is 1. The van der Waals surface area contributed by atoms with Crippen LogP contribution in [0.2, 0.25) is 0 Å². The van der Waals surface area contributed by atoms with E-state index in [2.05, 4.69) is 15.3 Å². The Balaban J connectivity index is 2.51. The number of nitrogens with zero attached hydrogens (tertiary/aromatic N) is 2. The van der Waals surface area contributed by atoms with Gasteiger partial charge in [-0.05, 0) is 30.5 Å². The molecule has 6 nitrogen and oxygen atoms in total. The number of amides is 2. The van der Waals surface area contributed by atoms with Crippen LogP contribution in [0.1, 0.15) is 31.0 Å². The normalized spacial score (nSPS) is 23.1. The number of carbonyl (C=O) groups excluding carboxylic acids is 2. The molecule has 1 aliphatic heterocycles. The molecular weight excluding hydrogens is 370 g/mol. The Morgan fingerprint density at radius 3 is 2.64 bits per heavy atom. The van der Waals surface area contributed by atoms with Gasteiger partial charge in [-0.25, -0.2) is 9.38 Å². The van der Waals surface area contributed by atoms with Gasteiger partial charge in [0.2, 0.25) is 11.8 Å². The van der Waals surface area contributed by atoms with E-state index in [1.54, 1.807) is 19.2 Å². The highest BCUT2D eigenvalue weighted by atomic mass is 35.5. The fourth-order valence-electron chi connectivity index (χ4n) is 2.46. The van der Waals surface area contributed by atoms with Crippen molar-refractivity contribution in [2.45, 2.75) is 32.2 Å². The Kier molecular flexibility index (Phi) is 5.49. The van der Waals surface area contributed by atoms with E-state index in [1.807, 2.05) is 13.8 Å². The van der Waals surface area contributed by atoms with Gasteiger partial charge in [0, 0.05) is 6.20 Å². The zero-order valence-corrected chi connectivity index (χ0v) is 15.3. The van der Waals surface area contributed by atoms with Crippen molar-refractivity contribution in [3.8, 4) is 0 Å². The summed E-state index contributed by atoms with van der Waals surface area (Å²) in [4.78, 5) is 32.7. The maximum Gasteiger partial charge on any atom is 0.247 e. The van der Waals surface area contributed by atoms with Gasteiger partial charge in [-0.15, -0.1) is 0 Å². The fraction of sp³-hybridized carbons (Fsp3) is 0.375. The lowest BCUT2D eigenvalue weighted by atomic mass is 9.83. The molecule has 25 heavy (non-hydrogen) atoms. The van der Waals surface area contributed by atoms with Gasteiger partial charge >= 0.3 is 0 Å². The molecule has 2 unspecified atom stereocenters. The number of anilines is 1. The Morgan fingerprint density at radius 2 is 2.08 bits per heavy atom. The number of pyridine rings is 1. The zero-order chi connectivity index (χ0) is 18.9. The minimum Gasteiger partial charge on any atom is -0.368 e. The lowest BCUT2D eigenvalue weighted by Crippen LogP contribution is -2.52. The molecule has 0 aliphatic carbocycles. The average molecular weight is 387 g/mol. The zero-order valence-electron chi connectivity index (χ0n) is 13.8. The first-order valence-corrected chi connectivity index (χ1v) is 8.25. The molecule has 0 spiro atoms. The quantitative estimate of drug-likeness (QED) is 0.472. The van der Waals surface area contributed by atoms with Crippen molar-refractivity contribution in [2.24, 2.45) is 16.1 Å². The van der Waals surface area contributed by atoms with Crippen LogP contribution in [0.3, 0.4) is 0 Å². The maximum absolute atomic E-state index is 13.9. The molecular formula is C16H17Cl2FN4O2. The number of halogens is 3. The molecule has 0 fully saturated rings. The molecule has 2 atom stereocenters. The first kappa shape index (κ1) is 19.3. The van der Waals surface area contributed by atoms with E-state index in [-0.39, 0.29) is 5.92 Å². The van der Waals surface area contributed by atoms with E-state index < -0.39 is 33.7 Å². The van der Waals surface area contributed by atoms with Crippen LogP contribution in [-0.4, -0.2) is 27.5 Å². The number of carbonyl (C=O) groups is 2. The van der Waals surface area contributed by atoms with Crippen molar-refractivity contribution in [1.29, 1.82) is 0 Å². The first-order chi connectivity index (χ1) is 11.6. The number of allylic oxidation sites excluding steroid dienone is 1. The van der Waals surface area contributed by atoms with Gasteiger partial charge in [-0.2, -0.15) is 0 Å². The maximum atomic E-state index is 13.9. The van der Waals surface area contributed by atoms with Crippen LogP contribution < -0.4 is 11.1 Å². The summed E-state index contributed by atoms with van der Waals surface area (Å²) in [5, 5.41) is 2.08. The second-order valence-electron chi connectivity index (χ2n) is 5.98. The van der Waals surface area contributed by atoms with Crippen LogP contribution in [-0.2, 0) is 9.59 Å². The molecule has 2 rings (SSSR count). The molecule has 1 aliphatic rings. The number of alkyl halides is 1. The van der Waals surface area contributed by atoms with E-state index in [0.29, 0.717) is 17.5 Å². The Morgan fingerprint density at radius 1 is 1.44 bits per heavy atom. The van der Waals surface area contributed by atoms with E-state index in [1.165, 1.54) is 0 Å². The van der Waals surface area contributed by atoms with Gasteiger partial charge in [0.25, 0.3) is 0 Å². The summed E-state index contributed by atoms with van der Waals surface area (Å²) in [6.07, 6.45) is 2.32. The summed E-state index contributed by atoms with van der Waals surface area (Å²) in [6.45, 7) is 5.57. The summed E-state index contributed by atoms with van der Waals surface area (Å²) in [7, 11) is 0. The van der Waals surface area contributed by atoms with Crippen molar-refractivity contribution in [1.82, 2.24) is 4.98 Å². The van der Waals surface area contributed by atoms with Crippen LogP contribution in [0.5, 0.6) is 0 Å². The van der Waals surface area contributed by atoms with Crippen molar-refractivity contribution in [2.75, 3.05) is 5.32 Å². The number of rotatable bonds is 4. The van der Waals surface area contributed by atoms with E-state index in [4.69, 9.17) is 28.9 Å². The molecule has 0 saturated carbocycles. The number of aromatic nitrogens is 1. The molecule has 2 heterocycles. The van der Waals surface area contributed by atoms with E-state index >= 15 is 0 Å². The van der Waals surface area contributed by atoms with Gasteiger partial charge in [-0.3, -0.25) is 14.6 Å². The van der Waals surface area contributed by atoms with E-state index in [9.17, 15) is 14.0 Å². The van der Waals surface area contributed by atoms with Crippen LogP contribution in [0.25, 0.3) is 0 Å². The van der Waals surface area contributed by atoms with Gasteiger partial charge in [0.15, 0.2) is 21.9 Å². The summed E-state index contributed by atoms with van der Waals surface area (Å²) in [5.74, 6) is -3.08. The number of aliphatic imine (C=N–C) groups is 1. The standard InChI is InChI=1S/C16H17Cl2FN4O2/c1-7(2)10-11(8(3)4-5-21-10)22-15(25)16(14(20)24)6-9(19)12(17)23-13(16)18/h4-7,13H,1-3H3,(H2,20,24)(H,22,25). The molecule has 0 aromatic carbocycles. The summed E-state index contributed by atoms with van der Waals surface area (Å²) in [6, 6.07) is 1.70. The summed E-state index contributed by atoms with van der Waals surface area (Å²) >= 11 is 11.6. The van der Waals surface area contributed by atoms with Crippen LogP contribution in [0.4, 0.5) is 10.1 Å². The number of nitrogens with two attached hydrogens (primary N) is 1.